The quantitative estimate of drug-likeness (QED) is 0.443. The highest BCUT2D eigenvalue weighted by Crippen LogP contribution is 2.29. The van der Waals surface area contributed by atoms with E-state index in [9.17, 15) is 8.42 Å². The Morgan fingerprint density at radius 2 is 1.76 bits per heavy atom. The number of primary sulfonamides is 1. The Balaban J connectivity index is 1.57. The first-order valence-electron chi connectivity index (χ1n) is 8.66. The van der Waals surface area contributed by atoms with Crippen molar-refractivity contribution in [3.63, 3.8) is 0 Å². The van der Waals surface area contributed by atoms with Crippen LogP contribution >= 0.6 is 11.3 Å². The van der Waals surface area contributed by atoms with Crippen LogP contribution in [0.4, 0.5) is 22.6 Å². The first-order valence-corrected chi connectivity index (χ1v) is 11.0. The number of anilines is 4. The van der Waals surface area contributed by atoms with Crippen molar-refractivity contribution < 1.29 is 8.42 Å². The van der Waals surface area contributed by atoms with E-state index in [1.165, 1.54) is 17.7 Å². The number of nitrogens with two attached hydrogens (primary N) is 1. The summed E-state index contributed by atoms with van der Waals surface area (Å²) in [4.78, 5) is 13.4. The molecule has 2 aromatic heterocycles. The fourth-order valence-electron chi connectivity index (χ4n) is 2.67. The lowest BCUT2D eigenvalue weighted by atomic mass is 10.2. The molecule has 0 bridgehead atoms. The molecule has 2 aromatic carbocycles. The van der Waals surface area contributed by atoms with E-state index in [1.54, 1.807) is 29.7 Å². The highest BCUT2D eigenvalue weighted by molar-refractivity contribution is 7.89. The minimum absolute atomic E-state index is 0.0429. The maximum Gasteiger partial charge on any atom is 0.238 e. The number of fused-ring (bicyclic) bond motifs is 1. The number of nitrogens with one attached hydrogen (secondary N) is 2. The van der Waals surface area contributed by atoms with Crippen LogP contribution in [0.3, 0.4) is 0 Å². The molecule has 0 aliphatic carbocycles. The molecule has 4 aromatic rings. The molecular weight excluding hydrogens is 408 g/mol. The molecule has 0 unspecified atom stereocenters. The second-order valence-corrected chi connectivity index (χ2v) is 9.13. The van der Waals surface area contributed by atoms with Crippen LogP contribution in [0.1, 0.15) is 11.1 Å². The van der Waals surface area contributed by atoms with Crippen molar-refractivity contribution in [3.05, 3.63) is 59.8 Å². The molecule has 2 heterocycles. The van der Waals surface area contributed by atoms with E-state index in [2.05, 4.69) is 31.7 Å². The molecular formula is C19H18N6O2S2. The van der Waals surface area contributed by atoms with Crippen LogP contribution in [0.2, 0.25) is 0 Å². The highest BCUT2D eigenvalue weighted by atomic mass is 32.2. The Bertz CT molecular complexity index is 1300. The van der Waals surface area contributed by atoms with Crippen molar-refractivity contribution >= 4 is 54.2 Å². The van der Waals surface area contributed by atoms with Gasteiger partial charge in [-0.15, -0.1) is 0 Å². The third kappa shape index (κ3) is 4.34. The van der Waals surface area contributed by atoms with Crippen LogP contribution in [-0.4, -0.2) is 23.4 Å². The third-order valence-corrected chi connectivity index (χ3v) is 6.04. The van der Waals surface area contributed by atoms with Gasteiger partial charge in [-0.2, -0.15) is 4.98 Å². The summed E-state index contributed by atoms with van der Waals surface area (Å²) in [5.74, 6) is 1.01. The maximum absolute atomic E-state index is 11.4. The molecule has 148 valence electrons. The lowest BCUT2D eigenvalue weighted by Crippen LogP contribution is -2.11. The maximum atomic E-state index is 11.4. The Morgan fingerprint density at radius 1 is 1.00 bits per heavy atom. The van der Waals surface area contributed by atoms with E-state index in [4.69, 9.17) is 5.14 Å². The molecule has 4 N–H and O–H groups in total. The SMILES string of the molecule is Cc1ccc2nc(Nc3nc(Nc4ccc(S(N)(=O)=O)cc4)ncc3C)sc2c1. The van der Waals surface area contributed by atoms with E-state index in [0.717, 1.165) is 20.9 Å². The number of aryl methyl sites for hydroxylation is 2. The Kier molecular flexibility index (Phi) is 4.91. The molecule has 0 fully saturated rings. The summed E-state index contributed by atoms with van der Waals surface area (Å²) in [6, 6.07) is 12.2. The average molecular weight is 427 g/mol. The lowest BCUT2D eigenvalue weighted by Gasteiger charge is -2.09. The van der Waals surface area contributed by atoms with Crippen LogP contribution in [0.25, 0.3) is 10.2 Å². The fraction of sp³-hybridized carbons (Fsp3) is 0.105. The second-order valence-electron chi connectivity index (χ2n) is 6.53. The topological polar surface area (TPSA) is 123 Å². The van der Waals surface area contributed by atoms with Crippen LogP contribution in [0.5, 0.6) is 0 Å². The number of sulfonamides is 1. The normalized spacial score (nSPS) is 11.6. The zero-order valence-electron chi connectivity index (χ0n) is 15.7. The molecule has 0 amide bonds. The van der Waals surface area contributed by atoms with Gasteiger partial charge in [-0.3, -0.25) is 0 Å². The number of benzene rings is 2. The van der Waals surface area contributed by atoms with E-state index < -0.39 is 10.0 Å². The van der Waals surface area contributed by atoms with Crippen molar-refractivity contribution in [2.45, 2.75) is 18.7 Å². The molecule has 0 spiro atoms. The van der Waals surface area contributed by atoms with Crippen molar-refractivity contribution in [2.24, 2.45) is 5.14 Å². The van der Waals surface area contributed by atoms with Gasteiger partial charge in [0.25, 0.3) is 0 Å². The Morgan fingerprint density at radius 3 is 2.48 bits per heavy atom. The summed E-state index contributed by atoms with van der Waals surface area (Å²) in [6.07, 6.45) is 1.70. The van der Waals surface area contributed by atoms with Gasteiger partial charge < -0.3 is 10.6 Å². The summed E-state index contributed by atoms with van der Waals surface area (Å²) < 4.78 is 23.8. The molecule has 0 saturated carbocycles. The molecule has 29 heavy (non-hydrogen) atoms. The van der Waals surface area contributed by atoms with Gasteiger partial charge in [0.15, 0.2) is 5.13 Å². The molecule has 4 rings (SSSR count). The summed E-state index contributed by atoms with van der Waals surface area (Å²) in [7, 11) is -3.73. The van der Waals surface area contributed by atoms with Crippen molar-refractivity contribution in [3.8, 4) is 0 Å². The lowest BCUT2D eigenvalue weighted by molar-refractivity contribution is 0.598. The predicted octanol–water partition coefficient (Wildman–Crippen LogP) is 3.84. The number of aromatic nitrogens is 3. The van der Waals surface area contributed by atoms with Gasteiger partial charge in [0.2, 0.25) is 16.0 Å². The summed E-state index contributed by atoms with van der Waals surface area (Å²) >= 11 is 1.56. The van der Waals surface area contributed by atoms with Crippen molar-refractivity contribution in [2.75, 3.05) is 10.6 Å². The minimum atomic E-state index is -3.73. The number of hydrogen-bond acceptors (Lipinski definition) is 8. The standard InChI is InChI=1S/C19H18N6O2S2/c1-11-3-8-15-16(9-11)28-19(23-15)25-17-12(2)10-21-18(24-17)22-13-4-6-14(7-5-13)29(20,26)27/h3-10H,1-2H3,(H2,20,26,27)(H2,21,22,23,24,25). The number of nitrogens with zero attached hydrogens (tertiary/aromatic N) is 3. The largest absolute Gasteiger partial charge is 0.324 e. The molecule has 0 atom stereocenters. The monoisotopic (exact) mass is 426 g/mol. The van der Waals surface area contributed by atoms with E-state index in [0.29, 0.717) is 17.5 Å². The van der Waals surface area contributed by atoms with E-state index in [1.807, 2.05) is 26.0 Å². The number of hydrogen-bond donors (Lipinski definition) is 3. The van der Waals surface area contributed by atoms with Gasteiger partial charge in [-0.1, -0.05) is 17.4 Å². The summed E-state index contributed by atoms with van der Waals surface area (Å²) in [5, 5.41) is 12.2. The number of thiazole rings is 1. The van der Waals surface area contributed by atoms with Gasteiger partial charge in [0.1, 0.15) is 5.82 Å². The third-order valence-electron chi connectivity index (χ3n) is 4.18. The zero-order chi connectivity index (χ0) is 20.6. The molecule has 0 radical (unpaired) electrons. The minimum Gasteiger partial charge on any atom is -0.324 e. The second kappa shape index (κ2) is 7.39. The van der Waals surface area contributed by atoms with Gasteiger partial charge in [-0.25, -0.2) is 23.5 Å². The summed E-state index contributed by atoms with van der Waals surface area (Å²) in [6.45, 7) is 3.96. The molecule has 8 nitrogen and oxygen atoms in total. The van der Waals surface area contributed by atoms with Gasteiger partial charge in [0, 0.05) is 17.4 Å². The average Bonchev–Trinajstić information content (AvgIpc) is 3.05. The summed E-state index contributed by atoms with van der Waals surface area (Å²) in [5.41, 5.74) is 3.63. The number of rotatable bonds is 5. The van der Waals surface area contributed by atoms with Crippen LogP contribution in [0, 0.1) is 13.8 Å². The fourth-order valence-corrected chi connectivity index (χ4v) is 4.15. The smallest absolute Gasteiger partial charge is 0.238 e. The molecule has 0 saturated heterocycles. The van der Waals surface area contributed by atoms with Crippen LogP contribution in [0.15, 0.2) is 53.6 Å². The van der Waals surface area contributed by atoms with Crippen molar-refractivity contribution in [1.82, 2.24) is 15.0 Å². The van der Waals surface area contributed by atoms with Crippen LogP contribution in [-0.2, 0) is 10.0 Å². The van der Waals surface area contributed by atoms with Crippen LogP contribution < -0.4 is 15.8 Å². The van der Waals surface area contributed by atoms with E-state index >= 15 is 0 Å². The van der Waals surface area contributed by atoms with Crippen molar-refractivity contribution in [1.29, 1.82) is 0 Å². The zero-order valence-corrected chi connectivity index (χ0v) is 17.3. The highest BCUT2D eigenvalue weighted by Gasteiger charge is 2.10. The first kappa shape index (κ1) is 19.2. The molecule has 10 heteroatoms. The van der Waals surface area contributed by atoms with Gasteiger partial charge >= 0.3 is 0 Å². The first-order chi connectivity index (χ1) is 13.8. The molecule has 0 aliphatic rings. The Hall–Kier alpha value is -3.08. The molecule has 0 aliphatic heterocycles. The van der Waals surface area contributed by atoms with E-state index in [-0.39, 0.29) is 4.90 Å². The Labute approximate surface area is 171 Å². The van der Waals surface area contributed by atoms with Gasteiger partial charge in [-0.05, 0) is 55.8 Å². The van der Waals surface area contributed by atoms with Gasteiger partial charge in [0.05, 0.1) is 15.1 Å². The predicted molar refractivity (Wildman–Crippen MR) is 116 cm³/mol.